The second-order valence-corrected chi connectivity index (χ2v) is 14.0. The van der Waals surface area contributed by atoms with Crippen LogP contribution in [0.2, 0.25) is 0 Å². The number of carbonyl (C=O) groups is 2. The standard InChI is InChI=1S/C40H38F5N3O3S/c1-51-22-21-47-19-17-32(18-20-47)48(25-37(50)46-24-27-9-11-28(12-10-27)29-13-15-31(16-14-29)40(43,44)45)35-8-3-2-6-33(35)36(49)23-38(48)52-26-30-5-4-7-34(41)39(30)42/h2-16,23,32H,17-22,24-26H2,1H3/p+1. The van der Waals surface area contributed by atoms with E-state index in [-0.39, 0.29) is 46.6 Å². The monoisotopic (exact) mass is 736 g/mol. The van der Waals surface area contributed by atoms with E-state index < -0.39 is 23.4 Å². The molecule has 272 valence electrons. The van der Waals surface area contributed by atoms with Gasteiger partial charge in [-0.3, -0.25) is 9.59 Å². The Bertz CT molecular complexity index is 1930. The smallest absolute Gasteiger partial charge is 0.383 e. The van der Waals surface area contributed by atoms with Gasteiger partial charge in [-0.1, -0.05) is 72.4 Å². The molecule has 1 N–H and O–H groups in total. The number of ether oxygens (including phenoxy) is 1. The lowest BCUT2D eigenvalue weighted by atomic mass is 9.93. The van der Waals surface area contributed by atoms with Gasteiger partial charge < -0.3 is 15.0 Å². The van der Waals surface area contributed by atoms with E-state index in [1.807, 2.05) is 24.3 Å². The van der Waals surface area contributed by atoms with E-state index in [4.69, 9.17) is 4.74 Å². The molecule has 0 radical (unpaired) electrons. The summed E-state index contributed by atoms with van der Waals surface area (Å²) in [7, 11) is 1.66. The Morgan fingerprint density at radius 3 is 2.27 bits per heavy atom. The Balaban J connectivity index is 1.26. The summed E-state index contributed by atoms with van der Waals surface area (Å²) in [5.41, 5.74) is 2.81. The molecule has 1 unspecified atom stereocenters. The SMILES string of the molecule is COCCN1CCC([N+]2(CC(=O)NCc3ccc(-c4ccc(C(F)(F)F)cc4)cc3)C(SCc3cccc(F)c3F)=CC(=O)c3ccccc32)CC1. The van der Waals surface area contributed by atoms with E-state index in [0.717, 1.165) is 61.8 Å². The molecular formula is C40H39F5N3O3S+. The fourth-order valence-corrected chi connectivity index (χ4v) is 8.30. The lowest BCUT2D eigenvalue weighted by molar-refractivity contribution is -0.137. The number of likely N-dealkylation sites (tertiary alicyclic amines) is 1. The van der Waals surface area contributed by atoms with Crippen molar-refractivity contribution in [2.45, 2.75) is 37.4 Å². The van der Waals surface area contributed by atoms with Gasteiger partial charge in [0.1, 0.15) is 11.7 Å². The lowest BCUT2D eigenvalue weighted by Crippen LogP contribution is -2.63. The number of nitrogens with zero attached hydrogens (tertiary/aromatic N) is 2. The highest BCUT2D eigenvalue weighted by Crippen LogP contribution is 2.46. The number of methoxy groups -OCH3 is 1. The summed E-state index contributed by atoms with van der Waals surface area (Å²) in [4.78, 5) is 29.9. The molecule has 1 amide bonds. The highest BCUT2D eigenvalue weighted by molar-refractivity contribution is 8.02. The van der Waals surface area contributed by atoms with Crippen LogP contribution in [0.5, 0.6) is 0 Å². The topological polar surface area (TPSA) is 58.6 Å². The number of hydrogen-bond acceptors (Lipinski definition) is 5. The summed E-state index contributed by atoms with van der Waals surface area (Å²) in [6.07, 6.45) is -1.42. The molecule has 4 aromatic rings. The molecule has 0 spiro atoms. The predicted octanol–water partition coefficient (Wildman–Crippen LogP) is 8.36. The molecule has 0 bridgehead atoms. The Morgan fingerprint density at radius 1 is 0.923 bits per heavy atom. The van der Waals surface area contributed by atoms with E-state index in [1.165, 1.54) is 36.0 Å². The molecule has 1 atom stereocenters. The third-order valence-electron chi connectivity index (χ3n) is 9.83. The average Bonchev–Trinajstić information content (AvgIpc) is 3.15. The largest absolute Gasteiger partial charge is 0.416 e. The van der Waals surface area contributed by atoms with Crippen LogP contribution in [0.4, 0.5) is 27.6 Å². The number of hydrogen-bond donors (Lipinski definition) is 1. The van der Waals surface area contributed by atoms with Gasteiger partial charge in [0.2, 0.25) is 0 Å². The van der Waals surface area contributed by atoms with Gasteiger partial charge in [-0.15, -0.1) is 0 Å². The van der Waals surface area contributed by atoms with Crippen molar-refractivity contribution in [3.63, 3.8) is 0 Å². The Morgan fingerprint density at radius 2 is 1.60 bits per heavy atom. The van der Waals surface area contributed by atoms with Crippen molar-refractivity contribution < 1.29 is 36.3 Å². The number of allylic oxidation sites excluding steroid dienone is 1. The second kappa shape index (κ2) is 16.1. The van der Waals surface area contributed by atoms with Gasteiger partial charge in [0.15, 0.2) is 29.0 Å². The molecule has 0 aromatic heterocycles. The maximum Gasteiger partial charge on any atom is 0.416 e. The van der Waals surface area contributed by atoms with E-state index >= 15 is 0 Å². The number of halogens is 5. The first-order valence-electron chi connectivity index (χ1n) is 17.0. The highest BCUT2D eigenvalue weighted by atomic mass is 32.2. The van der Waals surface area contributed by atoms with Gasteiger partial charge in [-0.25, -0.2) is 13.3 Å². The molecule has 0 aliphatic carbocycles. The highest BCUT2D eigenvalue weighted by Gasteiger charge is 2.50. The zero-order chi connectivity index (χ0) is 36.9. The molecule has 2 heterocycles. The van der Waals surface area contributed by atoms with E-state index in [1.54, 1.807) is 37.5 Å². The number of benzene rings is 4. The van der Waals surface area contributed by atoms with Crippen LogP contribution in [-0.2, 0) is 28.0 Å². The third-order valence-corrected chi connectivity index (χ3v) is 11.0. The molecule has 4 aromatic carbocycles. The Kier molecular flexibility index (Phi) is 11.6. The number of ketones is 1. The number of piperidine rings is 1. The third kappa shape index (κ3) is 8.15. The van der Waals surface area contributed by atoms with Crippen LogP contribution < -0.4 is 9.80 Å². The van der Waals surface area contributed by atoms with Gasteiger partial charge in [0, 0.05) is 63.5 Å². The van der Waals surface area contributed by atoms with E-state index in [0.29, 0.717) is 28.5 Å². The van der Waals surface area contributed by atoms with Crippen molar-refractivity contribution in [3.8, 4) is 11.1 Å². The number of rotatable bonds is 12. The zero-order valence-corrected chi connectivity index (χ0v) is 29.4. The fraction of sp³-hybridized carbons (Fsp3) is 0.300. The summed E-state index contributed by atoms with van der Waals surface area (Å²) in [6.45, 7) is 3.05. The van der Waals surface area contributed by atoms with Crippen LogP contribution >= 0.6 is 11.8 Å². The van der Waals surface area contributed by atoms with Gasteiger partial charge in [-0.2, -0.15) is 13.2 Å². The lowest BCUT2D eigenvalue weighted by Gasteiger charge is -2.48. The number of amides is 1. The maximum atomic E-state index is 14.8. The van der Waals surface area contributed by atoms with Crippen molar-refractivity contribution in [2.24, 2.45) is 0 Å². The molecule has 1 fully saturated rings. The van der Waals surface area contributed by atoms with Gasteiger partial charge >= 0.3 is 6.18 Å². The second-order valence-electron chi connectivity index (χ2n) is 13.0. The summed E-state index contributed by atoms with van der Waals surface area (Å²) < 4.78 is 73.4. The Hall–Kier alpha value is -4.36. The first-order valence-corrected chi connectivity index (χ1v) is 18.0. The molecule has 2 aliphatic heterocycles. The van der Waals surface area contributed by atoms with Crippen LogP contribution in [0.15, 0.2) is 102 Å². The van der Waals surface area contributed by atoms with E-state index in [9.17, 15) is 31.5 Å². The molecule has 1 saturated heterocycles. The number of quaternary nitrogens is 1. The molecule has 12 heteroatoms. The summed E-state index contributed by atoms with van der Waals surface area (Å²) >= 11 is 1.24. The van der Waals surface area contributed by atoms with Crippen molar-refractivity contribution in [2.75, 3.05) is 39.9 Å². The molecule has 6 nitrogen and oxygen atoms in total. The maximum absolute atomic E-state index is 14.8. The molecule has 6 rings (SSSR count). The van der Waals surface area contributed by atoms with Gasteiger partial charge in [-0.05, 0) is 41.0 Å². The van der Waals surface area contributed by atoms with Crippen LogP contribution in [0, 0.1) is 11.6 Å². The van der Waals surface area contributed by atoms with Crippen molar-refractivity contribution in [3.05, 3.63) is 136 Å². The molecule has 52 heavy (non-hydrogen) atoms. The van der Waals surface area contributed by atoms with Crippen LogP contribution in [0.1, 0.15) is 39.9 Å². The van der Waals surface area contributed by atoms with Gasteiger partial charge in [0.25, 0.3) is 5.91 Å². The normalized spacial score (nSPS) is 18.2. The van der Waals surface area contributed by atoms with Crippen molar-refractivity contribution >= 4 is 29.1 Å². The minimum atomic E-state index is -4.41. The molecule has 2 aliphatic rings. The van der Waals surface area contributed by atoms with Crippen LogP contribution in [0.3, 0.4) is 0 Å². The molecule has 0 saturated carbocycles. The number of para-hydroxylation sites is 1. The summed E-state index contributed by atoms with van der Waals surface area (Å²) in [5.74, 6) is -2.30. The first kappa shape index (κ1) is 37.4. The zero-order valence-electron chi connectivity index (χ0n) is 28.6. The number of thioether (sulfide) groups is 1. The average molecular weight is 737 g/mol. The summed E-state index contributed by atoms with van der Waals surface area (Å²) in [6, 6.07) is 23.4. The number of carbonyl (C=O) groups excluding carboxylic acids is 2. The number of fused-ring (bicyclic) bond motifs is 1. The minimum Gasteiger partial charge on any atom is -0.383 e. The van der Waals surface area contributed by atoms with Crippen molar-refractivity contribution in [1.82, 2.24) is 14.7 Å². The van der Waals surface area contributed by atoms with Crippen molar-refractivity contribution in [1.29, 1.82) is 0 Å². The minimum absolute atomic E-state index is 0.0267. The number of nitrogens with one attached hydrogen (secondary N) is 1. The molecular weight excluding hydrogens is 698 g/mol. The fourth-order valence-electron chi connectivity index (χ4n) is 7.04. The number of alkyl halides is 3. The van der Waals surface area contributed by atoms with E-state index in [2.05, 4.69) is 10.2 Å². The van der Waals surface area contributed by atoms with Crippen LogP contribution in [-0.4, -0.2) is 62.5 Å². The van der Waals surface area contributed by atoms with Crippen LogP contribution in [0.25, 0.3) is 11.1 Å². The summed E-state index contributed by atoms with van der Waals surface area (Å²) in [5, 5.41) is 3.64. The van der Waals surface area contributed by atoms with Gasteiger partial charge in [0.05, 0.1) is 23.8 Å². The predicted molar refractivity (Wildman–Crippen MR) is 193 cm³/mol. The first-order chi connectivity index (χ1) is 25.0. The Labute approximate surface area is 303 Å². The quantitative estimate of drug-likeness (QED) is 0.117.